The Morgan fingerprint density at radius 1 is 1.00 bits per heavy atom. The van der Waals surface area contributed by atoms with E-state index in [4.69, 9.17) is 0 Å². The molecular weight excluding hydrogens is 376 g/mol. The van der Waals surface area contributed by atoms with Gasteiger partial charge in [-0.05, 0) is 53.6 Å². The van der Waals surface area contributed by atoms with Crippen LogP contribution >= 0.6 is 0 Å². The highest BCUT2D eigenvalue weighted by molar-refractivity contribution is 7.89. The fourth-order valence-electron chi connectivity index (χ4n) is 3.11. The molecule has 1 N–H and O–H groups in total. The third kappa shape index (κ3) is 3.16. The van der Waals surface area contributed by atoms with Crippen molar-refractivity contribution < 1.29 is 18.3 Å². The standard InChI is InChI=1S/C21H16N2O4S/c24-17-5-3-4-16(12-17)13-19-21(25)18-6-1-2-7-20(18)28(26,27)23(19)14-15-8-10-22-11-9-15/h1-13,24H,14H2/b19-13-. The van der Waals surface area contributed by atoms with E-state index in [1.165, 1.54) is 30.3 Å². The quantitative estimate of drug-likeness (QED) is 0.692. The number of rotatable bonds is 3. The molecule has 0 bridgehead atoms. The van der Waals surface area contributed by atoms with Crippen molar-refractivity contribution in [3.63, 3.8) is 0 Å². The van der Waals surface area contributed by atoms with E-state index in [0.717, 1.165) is 4.31 Å². The lowest BCUT2D eigenvalue weighted by molar-refractivity contribution is 0.100. The summed E-state index contributed by atoms with van der Waals surface area (Å²) in [5.74, 6) is -0.357. The minimum Gasteiger partial charge on any atom is -0.508 e. The number of pyridine rings is 1. The highest BCUT2D eigenvalue weighted by Gasteiger charge is 2.39. The number of carbonyl (C=O) groups excluding carboxylic acids is 1. The Hall–Kier alpha value is -3.45. The maximum atomic E-state index is 13.3. The van der Waals surface area contributed by atoms with E-state index >= 15 is 0 Å². The van der Waals surface area contributed by atoms with Gasteiger partial charge in [0.2, 0.25) is 5.78 Å². The number of aromatic hydroxyl groups is 1. The molecule has 28 heavy (non-hydrogen) atoms. The molecule has 0 amide bonds. The van der Waals surface area contributed by atoms with Crippen molar-refractivity contribution in [1.29, 1.82) is 0 Å². The fourth-order valence-corrected chi connectivity index (χ4v) is 4.75. The second kappa shape index (κ2) is 6.94. The van der Waals surface area contributed by atoms with Gasteiger partial charge in [0.1, 0.15) is 11.4 Å². The minimum atomic E-state index is -3.93. The van der Waals surface area contributed by atoms with E-state index in [-0.39, 0.29) is 34.2 Å². The van der Waals surface area contributed by atoms with Gasteiger partial charge < -0.3 is 5.11 Å². The number of hydrogen-bond donors (Lipinski definition) is 1. The van der Waals surface area contributed by atoms with Crippen molar-refractivity contribution in [2.75, 3.05) is 0 Å². The zero-order valence-corrected chi connectivity index (χ0v) is 15.5. The zero-order chi connectivity index (χ0) is 19.7. The van der Waals surface area contributed by atoms with Gasteiger partial charge >= 0.3 is 0 Å². The van der Waals surface area contributed by atoms with Gasteiger partial charge in [0.15, 0.2) is 0 Å². The number of ketones is 1. The van der Waals surface area contributed by atoms with Crippen molar-refractivity contribution in [2.24, 2.45) is 0 Å². The molecule has 0 radical (unpaired) electrons. The van der Waals surface area contributed by atoms with Gasteiger partial charge in [0.25, 0.3) is 10.0 Å². The predicted molar refractivity (Wildman–Crippen MR) is 104 cm³/mol. The largest absolute Gasteiger partial charge is 0.508 e. The first-order valence-electron chi connectivity index (χ1n) is 8.53. The predicted octanol–water partition coefficient (Wildman–Crippen LogP) is 3.22. The van der Waals surface area contributed by atoms with Crippen LogP contribution in [0.4, 0.5) is 0 Å². The molecule has 0 spiro atoms. The van der Waals surface area contributed by atoms with Gasteiger partial charge in [-0.2, -0.15) is 0 Å². The number of phenolic OH excluding ortho intramolecular Hbond substituents is 1. The third-order valence-electron chi connectivity index (χ3n) is 4.45. The highest BCUT2D eigenvalue weighted by atomic mass is 32.2. The summed E-state index contributed by atoms with van der Waals surface area (Å²) in [4.78, 5) is 17.1. The highest BCUT2D eigenvalue weighted by Crippen LogP contribution is 2.34. The molecule has 2 aromatic carbocycles. The molecule has 1 aromatic heterocycles. The Kier molecular flexibility index (Phi) is 4.44. The van der Waals surface area contributed by atoms with Crippen LogP contribution in [0.25, 0.3) is 6.08 Å². The van der Waals surface area contributed by atoms with Crippen molar-refractivity contribution in [1.82, 2.24) is 9.29 Å². The summed E-state index contributed by atoms with van der Waals surface area (Å²) in [7, 11) is -3.93. The van der Waals surface area contributed by atoms with Crippen LogP contribution in [0.5, 0.6) is 5.75 Å². The molecule has 1 aliphatic rings. The van der Waals surface area contributed by atoms with Crippen LogP contribution in [0.2, 0.25) is 0 Å². The van der Waals surface area contributed by atoms with Crippen molar-refractivity contribution in [2.45, 2.75) is 11.4 Å². The maximum Gasteiger partial charge on any atom is 0.265 e. The van der Waals surface area contributed by atoms with Crippen molar-refractivity contribution in [3.05, 3.63) is 95.4 Å². The molecule has 7 heteroatoms. The van der Waals surface area contributed by atoms with E-state index < -0.39 is 10.0 Å². The van der Waals surface area contributed by atoms with Gasteiger partial charge in [-0.25, -0.2) is 8.42 Å². The van der Waals surface area contributed by atoms with Crippen molar-refractivity contribution in [3.8, 4) is 5.75 Å². The molecule has 6 nitrogen and oxygen atoms in total. The Morgan fingerprint density at radius 3 is 2.50 bits per heavy atom. The molecule has 2 heterocycles. The number of hydrogen-bond acceptors (Lipinski definition) is 5. The normalized spacial score (nSPS) is 16.8. The summed E-state index contributed by atoms with van der Waals surface area (Å²) in [6.07, 6.45) is 4.62. The van der Waals surface area contributed by atoms with Crippen LogP contribution in [0.3, 0.4) is 0 Å². The first kappa shape index (κ1) is 17.9. The number of aromatic nitrogens is 1. The van der Waals surface area contributed by atoms with Crippen LogP contribution in [0.1, 0.15) is 21.5 Å². The van der Waals surface area contributed by atoms with Gasteiger partial charge in [-0.3, -0.25) is 14.1 Å². The second-order valence-electron chi connectivity index (χ2n) is 6.32. The SMILES string of the molecule is O=C1/C(=C/c2cccc(O)c2)N(Cc2ccncc2)S(=O)(=O)c2ccccc21. The van der Waals surface area contributed by atoms with E-state index in [9.17, 15) is 18.3 Å². The molecule has 1 aliphatic heterocycles. The topological polar surface area (TPSA) is 87.6 Å². The summed E-state index contributed by atoms with van der Waals surface area (Å²) in [5, 5.41) is 9.72. The van der Waals surface area contributed by atoms with Crippen LogP contribution in [0.15, 0.2) is 83.6 Å². The van der Waals surface area contributed by atoms with E-state index in [0.29, 0.717) is 11.1 Å². The molecule has 4 rings (SSSR count). The van der Waals surface area contributed by atoms with Crippen LogP contribution in [-0.2, 0) is 16.6 Å². The first-order chi connectivity index (χ1) is 13.5. The smallest absolute Gasteiger partial charge is 0.265 e. The molecule has 3 aromatic rings. The summed E-state index contributed by atoms with van der Waals surface area (Å²) in [6.45, 7) is -0.00439. The molecular formula is C21H16N2O4S. The summed E-state index contributed by atoms with van der Waals surface area (Å²) in [6, 6.07) is 15.9. The maximum absolute atomic E-state index is 13.3. The lowest BCUT2D eigenvalue weighted by Gasteiger charge is -2.31. The summed E-state index contributed by atoms with van der Waals surface area (Å²) in [5.41, 5.74) is 1.39. The van der Waals surface area contributed by atoms with Crippen LogP contribution < -0.4 is 0 Å². The van der Waals surface area contributed by atoms with Gasteiger partial charge in [-0.15, -0.1) is 0 Å². The van der Waals surface area contributed by atoms with E-state index in [2.05, 4.69) is 4.98 Å². The average Bonchev–Trinajstić information content (AvgIpc) is 2.70. The van der Waals surface area contributed by atoms with E-state index in [1.807, 2.05) is 0 Å². The molecule has 0 unspecified atom stereocenters. The summed E-state index contributed by atoms with van der Waals surface area (Å²) >= 11 is 0. The van der Waals surface area contributed by atoms with Gasteiger partial charge in [0.05, 0.1) is 11.4 Å². The Labute approximate surface area is 162 Å². The molecule has 0 saturated carbocycles. The number of phenols is 1. The number of carbonyl (C=O) groups is 1. The van der Waals surface area contributed by atoms with Crippen LogP contribution in [0, 0.1) is 0 Å². The number of nitrogens with zero attached hydrogens (tertiary/aromatic N) is 2. The van der Waals surface area contributed by atoms with Gasteiger partial charge in [0, 0.05) is 18.0 Å². The summed E-state index contributed by atoms with van der Waals surface area (Å²) < 4.78 is 27.7. The second-order valence-corrected chi connectivity index (χ2v) is 8.15. The number of fused-ring (bicyclic) bond motifs is 1. The third-order valence-corrected chi connectivity index (χ3v) is 6.27. The number of allylic oxidation sites excluding steroid dienone is 1. The minimum absolute atomic E-state index is 0.00439. The Bertz CT molecular complexity index is 1190. The molecule has 140 valence electrons. The molecule has 0 saturated heterocycles. The number of Topliss-reactive ketones (excluding diaryl/α,β-unsaturated/α-hetero) is 1. The lowest BCUT2D eigenvalue weighted by atomic mass is 10.0. The molecule has 0 atom stereocenters. The Balaban J connectivity index is 1.91. The van der Waals surface area contributed by atoms with Crippen LogP contribution in [-0.4, -0.2) is 28.6 Å². The van der Waals surface area contributed by atoms with E-state index in [1.54, 1.807) is 48.8 Å². The average molecular weight is 392 g/mol. The Morgan fingerprint density at radius 2 is 1.75 bits per heavy atom. The lowest BCUT2D eigenvalue weighted by Crippen LogP contribution is -2.38. The monoisotopic (exact) mass is 392 g/mol. The fraction of sp³-hybridized carbons (Fsp3) is 0.0476. The van der Waals surface area contributed by atoms with Crippen molar-refractivity contribution >= 4 is 21.9 Å². The number of benzene rings is 2. The molecule has 0 fully saturated rings. The van der Waals surface area contributed by atoms with Gasteiger partial charge in [-0.1, -0.05) is 24.3 Å². The number of sulfonamides is 1. The molecule has 0 aliphatic carbocycles. The zero-order valence-electron chi connectivity index (χ0n) is 14.7. The first-order valence-corrected chi connectivity index (χ1v) is 9.97.